The molecule has 0 unspecified atom stereocenters. The number of ether oxygens (including phenoxy) is 1. The number of nitrogens with one attached hydrogen (secondary N) is 1. The Morgan fingerprint density at radius 3 is 2.63 bits per heavy atom. The maximum atomic E-state index is 5.86. The molecule has 0 aliphatic carbocycles. The van der Waals surface area contributed by atoms with Crippen molar-refractivity contribution >= 4 is 0 Å². The smallest absolute Gasteiger partial charge is 0.232 e. The first-order valence-corrected chi connectivity index (χ1v) is 7.03. The van der Waals surface area contributed by atoms with Gasteiger partial charge in [0.25, 0.3) is 0 Å². The lowest BCUT2D eigenvalue weighted by Gasteiger charge is -2.28. The van der Waals surface area contributed by atoms with Gasteiger partial charge in [-0.3, -0.25) is 4.98 Å². The number of hydrogen-bond acceptors (Lipinski definition) is 5. The zero-order chi connectivity index (χ0) is 13.7. The molecule has 1 aliphatic rings. The van der Waals surface area contributed by atoms with Crippen LogP contribution >= 0.6 is 0 Å². The molecule has 1 saturated heterocycles. The highest BCUT2D eigenvalue weighted by Crippen LogP contribution is 2.15. The Labute approximate surface area is 115 Å². The van der Waals surface area contributed by atoms with Gasteiger partial charge in [0.1, 0.15) is 6.10 Å². The molecule has 5 heteroatoms. The summed E-state index contributed by atoms with van der Waals surface area (Å²) in [5.74, 6) is 0.642. The van der Waals surface area contributed by atoms with Crippen LogP contribution in [-0.2, 0) is 6.54 Å². The van der Waals surface area contributed by atoms with Crippen molar-refractivity contribution in [3.05, 3.63) is 18.1 Å². The molecule has 1 fully saturated rings. The Morgan fingerprint density at radius 1 is 1.32 bits per heavy atom. The average Bonchev–Trinajstić information content (AvgIpc) is 2.40. The summed E-state index contributed by atoms with van der Waals surface area (Å²) in [7, 11) is 2.15. The van der Waals surface area contributed by atoms with Crippen molar-refractivity contribution in [3.8, 4) is 5.88 Å². The molecule has 1 aromatic rings. The molecule has 2 heterocycles. The summed E-state index contributed by atoms with van der Waals surface area (Å²) >= 11 is 0. The summed E-state index contributed by atoms with van der Waals surface area (Å²) in [5, 5.41) is 3.32. The minimum absolute atomic E-state index is 0.283. The van der Waals surface area contributed by atoms with Gasteiger partial charge in [0, 0.05) is 25.7 Å². The van der Waals surface area contributed by atoms with Crippen molar-refractivity contribution in [1.82, 2.24) is 20.2 Å². The number of hydrogen-bond donors (Lipinski definition) is 1. The maximum Gasteiger partial charge on any atom is 0.232 e. The van der Waals surface area contributed by atoms with Crippen LogP contribution in [0, 0.1) is 0 Å². The molecular formula is C14H24N4O. The fourth-order valence-electron chi connectivity index (χ4n) is 2.08. The topological polar surface area (TPSA) is 50.3 Å². The van der Waals surface area contributed by atoms with E-state index >= 15 is 0 Å². The Morgan fingerprint density at radius 2 is 2.05 bits per heavy atom. The Kier molecular flexibility index (Phi) is 5.10. The molecule has 1 N–H and O–H groups in total. The lowest BCUT2D eigenvalue weighted by Crippen LogP contribution is -2.35. The summed E-state index contributed by atoms with van der Waals surface area (Å²) in [6.45, 7) is 7.16. The van der Waals surface area contributed by atoms with E-state index in [-0.39, 0.29) is 6.10 Å². The summed E-state index contributed by atoms with van der Waals surface area (Å²) < 4.78 is 5.86. The number of aromatic nitrogens is 2. The van der Waals surface area contributed by atoms with Crippen LogP contribution in [0.1, 0.15) is 32.4 Å². The summed E-state index contributed by atoms with van der Waals surface area (Å²) in [6, 6.07) is 0.456. The number of rotatable bonds is 5. The minimum atomic E-state index is 0.283. The molecule has 106 valence electrons. The van der Waals surface area contributed by atoms with E-state index in [1.165, 1.54) is 0 Å². The van der Waals surface area contributed by atoms with Gasteiger partial charge in [-0.15, -0.1) is 0 Å². The molecule has 2 rings (SSSR count). The molecule has 1 aromatic heterocycles. The quantitative estimate of drug-likeness (QED) is 0.872. The predicted octanol–water partition coefficient (Wildman–Crippen LogP) is 1.45. The summed E-state index contributed by atoms with van der Waals surface area (Å²) in [5.41, 5.74) is 0.949. The molecule has 5 nitrogen and oxygen atoms in total. The number of nitrogens with zero attached hydrogens (tertiary/aromatic N) is 3. The average molecular weight is 264 g/mol. The highest BCUT2D eigenvalue weighted by atomic mass is 16.5. The van der Waals surface area contributed by atoms with Crippen LogP contribution in [0.4, 0.5) is 0 Å². The Hall–Kier alpha value is -1.20. The third-order valence-electron chi connectivity index (χ3n) is 3.33. The van der Waals surface area contributed by atoms with Gasteiger partial charge in [-0.2, -0.15) is 0 Å². The van der Waals surface area contributed by atoms with E-state index in [0.29, 0.717) is 11.9 Å². The maximum absolute atomic E-state index is 5.86. The fourth-order valence-corrected chi connectivity index (χ4v) is 2.08. The SMILES string of the molecule is CC(C)NCc1cnc(OC2CCN(C)CC2)cn1. The first kappa shape index (κ1) is 14.2. The largest absolute Gasteiger partial charge is 0.473 e. The van der Waals surface area contributed by atoms with E-state index in [9.17, 15) is 0 Å². The van der Waals surface area contributed by atoms with Gasteiger partial charge in [-0.25, -0.2) is 4.98 Å². The van der Waals surface area contributed by atoms with Crippen LogP contribution in [-0.4, -0.2) is 47.2 Å². The van der Waals surface area contributed by atoms with Gasteiger partial charge >= 0.3 is 0 Å². The number of piperidine rings is 1. The van der Waals surface area contributed by atoms with E-state index in [1.807, 2.05) is 0 Å². The fraction of sp³-hybridized carbons (Fsp3) is 0.714. The standard InChI is InChI=1S/C14H24N4O/c1-11(2)15-8-12-9-17-14(10-16-12)19-13-4-6-18(3)7-5-13/h9-11,13,15H,4-8H2,1-3H3. The molecule has 0 atom stereocenters. The highest BCUT2D eigenvalue weighted by molar-refractivity contribution is 5.07. The van der Waals surface area contributed by atoms with E-state index in [2.05, 4.69) is 41.1 Å². The van der Waals surface area contributed by atoms with E-state index < -0.39 is 0 Å². The summed E-state index contributed by atoms with van der Waals surface area (Å²) in [6.07, 6.45) is 5.93. The first-order valence-electron chi connectivity index (χ1n) is 7.03. The van der Waals surface area contributed by atoms with Crippen molar-refractivity contribution in [2.45, 2.75) is 45.4 Å². The van der Waals surface area contributed by atoms with Crippen LogP contribution in [0.3, 0.4) is 0 Å². The molecule has 0 bridgehead atoms. The van der Waals surface area contributed by atoms with Crippen molar-refractivity contribution < 1.29 is 4.74 Å². The van der Waals surface area contributed by atoms with Crippen LogP contribution in [0.15, 0.2) is 12.4 Å². The van der Waals surface area contributed by atoms with Gasteiger partial charge < -0.3 is 15.0 Å². The second kappa shape index (κ2) is 6.82. The van der Waals surface area contributed by atoms with Crippen LogP contribution in [0.2, 0.25) is 0 Å². The predicted molar refractivity (Wildman–Crippen MR) is 75.2 cm³/mol. The van der Waals surface area contributed by atoms with Crippen LogP contribution < -0.4 is 10.1 Å². The molecule has 0 saturated carbocycles. The van der Waals surface area contributed by atoms with Gasteiger partial charge in [0.15, 0.2) is 0 Å². The zero-order valence-electron chi connectivity index (χ0n) is 12.1. The third kappa shape index (κ3) is 4.76. The normalized spacial score (nSPS) is 17.9. The molecule has 1 aliphatic heterocycles. The van der Waals surface area contributed by atoms with E-state index in [4.69, 9.17) is 4.74 Å². The van der Waals surface area contributed by atoms with E-state index in [1.54, 1.807) is 12.4 Å². The Bertz CT molecular complexity index is 372. The third-order valence-corrected chi connectivity index (χ3v) is 3.33. The Balaban J connectivity index is 1.81. The van der Waals surface area contributed by atoms with Crippen molar-refractivity contribution in [3.63, 3.8) is 0 Å². The van der Waals surface area contributed by atoms with Crippen molar-refractivity contribution in [1.29, 1.82) is 0 Å². The minimum Gasteiger partial charge on any atom is -0.473 e. The lowest BCUT2D eigenvalue weighted by atomic mass is 10.1. The van der Waals surface area contributed by atoms with Gasteiger partial charge in [-0.1, -0.05) is 13.8 Å². The molecule has 19 heavy (non-hydrogen) atoms. The van der Waals surface area contributed by atoms with Crippen LogP contribution in [0.5, 0.6) is 5.88 Å². The molecule has 0 spiro atoms. The summed E-state index contributed by atoms with van der Waals surface area (Å²) in [4.78, 5) is 11.0. The van der Waals surface area contributed by atoms with Crippen LogP contribution in [0.25, 0.3) is 0 Å². The van der Waals surface area contributed by atoms with Crippen molar-refractivity contribution in [2.75, 3.05) is 20.1 Å². The van der Waals surface area contributed by atoms with Gasteiger partial charge in [0.05, 0.1) is 18.1 Å². The zero-order valence-corrected chi connectivity index (χ0v) is 12.1. The second-order valence-corrected chi connectivity index (χ2v) is 5.50. The second-order valence-electron chi connectivity index (χ2n) is 5.50. The molecular weight excluding hydrogens is 240 g/mol. The molecule has 0 amide bonds. The lowest BCUT2D eigenvalue weighted by molar-refractivity contribution is 0.109. The highest BCUT2D eigenvalue weighted by Gasteiger charge is 2.18. The van der Waals surface area contributed by atoms with Gasteiger partial charge in [0.2, 0.25) is 5.88 Å². The van der Waals surface area contributed by atoms with E-state index in [0.717, 1.165) is 38.2 Å². The molecule has 0 radical (unpaired) electrons. The first-order chi connectivity index (χ1) is 9.13. The monoisotopic (exact) mass is 264 g/mol. The van der Waals surface area contributed by atoms with Crippen molar-refractivity contribution in [2.24, 2.45) is 0 Å². The number of likely N-dealkylation sites (tertiary alicyclic amines) is 1. The van der Waals surface area contributed by atoms with Gasteiger partial charge in [-0.05, 0) is 19.9 Å². The molecule has 0 aromatic carbocycles.